The fraction of sp³-hybridized carbons (Fsp3) is 0.421. The summed E-state index contributed by atoms with van der Waals surface area (Å²) in [4.78, 5) is 21.9. The van der Waals surface area contributed by atoms with Crippen molar-refractivity contribution in [1.29, 1.82) is 0 Å². The van der Waals surface area contributed by atoms with Crippen LogP contribution in [-0.2, 0) is 10.2 Å². The zero-order valence-electron chi connectivity index (χ0n) is 15.4. The zero-order chi connectivity index (χ0) is 20.1. The molecule has 1 fully saturated rings. The first-order valence-corrected chi connectivity index (χ1v) is 8.89. The minimum atomic E-state index is -4.43. The lowest BCUT2D eigenvalue weighted by molar-refractivity contribution is -0.154. The van der Waals surface area contributed by atoms with Crippen LogP contribution in [0.2, 0.25) is 0 Å². The number of amides is 1. The predicted octanol–water partition coefficient (Wildman–Crippen LogP) is 3.87. The topological polar surface area (TPSA) is 67.4 Å². The van der Waals surface area contributed by atoms with Crippen LogP contribution in [0.4, 0.5) is 30.5 Å². The van der Waals surface area contributed by atoms with Gasteiger partial charge in [0, 0.05) is 42.8 Å². The molecule has 148 valence electrons. The zero-order valence-corrected chi connectivity index (χ0v) is 15.4. The molecule has 6 nitrogen and oxygen atoms in total. The third kappa shape index (κ3) is 3.61. The summed E-state index contributed by atoms with van der Waals surface area (Å²) in [6, 6.07) is 5.07. The molecule has 2 aromatic heterocycles. The number of carbonyl (C=O) groups excluding carboxylic acids is 1. The molecule has 1 saturated carbocycles. The highest BCUT2D eigenvalue weighted by molar-refractivity contribution is 5.89. The third-order valence-corrected chi connectivity index (χ3v) is 4.96. The molecule has 0 atom stereocenters. The molecular formula is C19H19F3N4O2. The van der Waals surface area contributed by atoms with Crippen molar-refractivity contribution < 1.29 is 22.7 Å². The molecule has 1 N–H and O–H groups in total. The lowest BCUT2D eigenvalue weighted by Crippen LogP contribution is -2.22. The van der Waals surface area contributed by atoms with E-state index in [0.29, 0.717) is 18.2 Å². The number of pyridine rings is 2. The number of aromatic nitrogens is 2. The molecular weight excluding hydrogens is 373 g/mol. The van der Waals surface area contributed by atoms with Gasteiger partial charge >= 0.3 is 6.18 Å². The first kappa shape index (κ1) is 18.5. The van der Waals surface area contributed by atoms with E-state index >= 15 is 0 Å². The number of anilines is 3. The van der Waals surface area contributed by atoms with Gasteiger partial charge in [0.05, 0.1) is 5.69 Å². The molecule has 1 aliphatic carbocycles. The minimum Gasteiger partial charge on any atom is -0.468 e. The SMILES string of the molecule is CC(=O)Nc1cc2c(cn1)C1(CC1)CN2c1cc(C)cc(OCC(F)(F)F)n1. The maximum absolute atomic E-state index is 12.5. The second-order valence-corrected chi connectivity index (χ2v) is 7.38. The van der Waals surface area contributed by atoms with Gasteiger partial charge in [0.1, 0.15) is 11.6 Å². The molecule has 0 unspecified atom stereocenters. The van der Waals surface area contributed by atoms with Crippen molar-refractivity contribution in [3.8, 4) is 5.88 Å². The van der Waals surface area contributed by atoms with Gasteiger partial charge in [-0.05, 0) is 31.4 Å². The van der Waals surface area contributed by atoms with Crippen LogP contribution in [0.1, 0.15) is 30.9 Å². The third-order valence-electron chi connectivity index (χ3n) is 4.96. The second-order valence-electron chi connectivity index (χ2n) is 7.38. The van der Waals surface area contributed by atoms with E-state index in [1.165, 1.54) is 13.0 Å². The van der Waals surface area contributed by atoms with Gasteiger partial charge in [-0.25, -0.2) is 4.98 Å². The highest BCUT2D eigenvalue weighted by Crippen LogP contribution is 2.58. The van der Waals surface area contributed by atoms with E-state index in [-0.39, 0.29) is 17.2 Å². The first-order valence-electron chi connectivity index (χ1n) is 8.89. The van der Waals surface area contributed by atoms with Gasteiger partial charge < -0.3 is 15.0 Å². The minimum absolute atomic E-state index is 0.00446. The Bertz CT molecular complexity index is 941. The lowest BCUT2D eigenvalue weighted by atomic mass is 10.0. The van der Waals surface area contributed by atoms with Crippen molar-refractivity contribution in [3.63, 3.8) is 0 Å². The van der Waals surface area contributed by atoms with E-state index < -0.39 is 12.8 Å². The number of carbonyl (C=O) groups is 1. The monoisotopic (exact) mass is 392 g/mol. The van der Waals surface area contributed by atoms with Gasteiger partial charge in [-0.1, -0.05) is 0 Å². The average Bonchev–Trinajstić information content (AvgIpc) is 3.29. The van der Waals surface area contributed by atoms with Crippen LogP contribution in [0.15, 0.2) is 24.4 Å². The summed E-state index contributed by atoms with van der Waals surface area (Å²) >= 11 is 0. The summed E-state index contributed by atoms with van der Waals surface area (Å²) in [5.41, 5.74) is 2.67. The normalized spacial score (nSPS) is 16.8. The van der Waals surface area contributed by atoms with Crippen molar-refractivity contribution in [2.24, 2.45) is 0 Å². The van der Waals surface area contributed by atoms with Gasteiger partial charge in [0.25, 0.3) is 0 Å². The molecule has 4 rings (SSSR count). The van der Waals surface area contributed by atoms with Crippen LogP contribution in [-0.4, -0.2) is 35.2 Å². The van der Waals surface area contributed by atoms with E-state index in [4.69, 9.17) is 4.74 Å². The Kier molecular flexibility index (Phi) is 4.20. The number of hydrogen-bond donors (Lipinski definition) is 1. The van der Waals surface area contributed by atoms with Crippen molar-refractivity contribution in [2.45, 2.75) is 38.3 Å². The number of nitrogens with one attached hydrogen (secondary N) is 1. The second kappa shape index (κ2) is 6.35. The Hall–Kier alpha value is -2.84. The van der Waals surface area contributed by atoms with E-state index in [9.17, 15) is 18.0 Å². The quantitative estimate of drug-likeness (QED) is 0.856. The van der Waals surface area contributed by atoms with Gasteiger partial charge in [0.15, 0.2) is 6.61 Å². The van der Waals surface area contributed by atoms with Crippen LogP contribution < -0.4 is 15.0 Å². The van der Waals surface area contributed by atoms with Gasteiger partial charge in [0.2, 0.25) is 11.8 Å². The van der Waals surface area contributed by atoms with Gasteiger partial charge in [-0.15, -0.1) is 0 Å². The first-order chi connectivity index (χ1) is 13.2. The molecule has 1 spiro atoms. The number of alkyl halides is 3. The highest BCUT2D eigenvalue weighted by atomic mass is 19.4. The molecule has 0 saturated heterocycles. The standard InChI is InChI=1S/C19H19F3N4O2/c1-11-5-16(25-17(6-11)28-10-19(20,21)22)26-9-18(3-4-18)13-8-23-15(7-14(13)26)24-12(2)27/h5-8H,3-4,9-10H2,1-2H3,(H,23,24,27). The fourth-order valence-corrected chi connectivity index (χ4v) is 3.57. The number of hydrogen-bond acceptors (Lipinski definition) is 5. The van der Waals surface area contributed by atoms with Crippen LogP contribution in [0.3, 0.4) is 0 Å². The Morgan fingerprint density at radius 2 is 2.07 bits per heavy atom. The summed E-state index contributed by atoms with van der Waals surface area (Å²) < 4.78 is 42.3. The number of fused-ring (bicyclic) bond motifs is 2. The fourth-order valence-electron chi connectivity index (χ4n) is 3.57. The Labute approximate surface area is 159 Å². The van der Waals surface area contributed by atoms with Crippen LogP contribution >= 0.6 is 0 Å². The molecule has 2 aliphatic rings. The van der Waals surface area contributed by atoms with Crippen LogP contribution in [0.5, 0.6) is 5.88 Å². The Morgan fingerprint density at radius 3 is 2.71 bits per heavy atom. The van der Waals surface area contributed by atoms with E-state index in [0.717, 1.165) is 29.7 Å². The molecule has 9 heteroatoms. The molecule has 3 heterocycles. The number of halogens is 3. The van der Waals surface area contributed by atoms with Crippen LogP contribution in [0, 0.1) is 6.92 Å². The summed E-state index contributed by atoms with van der Waals surface area (Å²) in [5, 5.41) is 2.67. The number of aryl methyl sites for hydroxylation is 1. The maximum Gasteiger partial charge on any atom is 0.422 e. The summed E-state index contributed by atoms with van der Waals surface area (Å²) in [7, 11) is 0. The Balaban J connectivity index is 1.69. The maximum atomic E-state index is 12.5. The summed E-state index contributed by atoms with van der Waals surface area (Å²) in [6.07, 6.45) is -0.630. The average molecular weight is 392 g/mol. The number of rotatable bonds is 4. The smallest absolute Gasteiger partial charge is 0.422 e. The van der Waals surface area contributed by atoms with Crippen molar-refractivity contribution in [1.82, 2.24) is 9.97 Å². The molecule has 0 radical (unpaired) electrons. The van der Waals surface area contributed by atoms with Crippen LogP contribution in [0.25, 0.3) is 0 Å². The molecule has 2 aromatic rings. The Morgan fingerprint density at radius 1 is 1.32 bits per heavy atom. The molecule has 28 heavy (non-hydrogen) atoms. The molecule has 1 aliphatic heterocycles. The van der Waals surface area contributed by atoms with E-state index in [2.05, 4.69) is 15.3 Å². The van der Waals surface area contributed by atoms with Gasteiger partial charge in [-0.2, -0.15) is 18.2 Å². The molecule has 1 amide bonds. The molecule has 0 aromatic carbocycles. The summed E-state index contributed by atoms with van der Waals surface area (Å²) in [6.45, 7) is 2.47. The number of ether oxygens (including phenoxy) is 1. The summed E-state index contributed by atoms with van der Waals surface area (Å²) in [5.74, 6) is 0.647. The van der Waals surface area contributed by atoms with Crippen molar-refractivity contribution in [3.05, 3.63) is 35.5 Å². The largest absolute Gasteiger partial charge is 0.468 e. The number of nitrogens with zero attached hydrogens (tertiary/aromatic N) is 3. The van der Waals surface area contributed by atoms with E-state index in [1.807, 2.05) is 11.0 Å². The molecule has 0 bridgehead atoms. The van der Waals surface area contributed by atoms with Crippen molar-refractivity contribution in [2.75, 3.05) is 23.4 Å². The van der Waals surface area contributed by atoms with Crippen molar-refractivity contribution >= 4 is 23.2 Å². The predicted molar refractivity (Wildman–Crippen MR) is 97.0 cm³/mol. The van der Waals surface area contributed by atoms with E-state index in [1.54, 1.807) is 19.2 Å². The lowest BCUT2D eigenvalue weighted by Gasteiger charge is -2.21. The van der Waals surface area contributed by atoms with Gasteiger partial charge in [-0.3, -0.25) is 4.79 Å². The highest BCUT2D eigenvalue weighted by Gasteiger charge is 2.52.